The summed E-state index contributed by atoms with van der Waals surface area (Å²) in [6.45, 7) is 1.94. The lowest BCUT2D eigenvalue weighted by Gasteiger charge is -2.00. The molecule has 0 saturated carbocycles. The fourth-order valence-electron chi connectivity index (χ4n) is 2.22. The number of hydrogen-bond acceptors (Lipinski definition) is 2. The summed E-state index contributed by atoms with van der Waals surface area (Å²) in [4.78, 5) is 27.6. The van der Waals surface area contributed by atoms with E-state index in [1.807, 2.05) is 43.3 Å². The number of Topliss-reactive ketones (excluding diaryl/α,β-unsaturated/α-hetero) is 2. The summed E-state index contributed by atoms with van der Waals surface area (Å²) >= 11 is 0. The Kier molecular flexibility index (Phi) is 2.95. The van der Waals surface area contributed by atoms with E-state index in [-0.39, 0.29) is 0 Å². The summed E-state index contributed by atoms with van der Waals surface area (Å²) in [6.07, 6.45) is 1.60. The number of aryl methyl sites for hydroxylation is 1. The minimum atomic E-state index is -0.480. The number of aromatic nitrogens is 1. The molecule has 3 heteroatoms. The van der Waals surface area contributed by atoms with Gasteiger partial charge in [0.25, 0.3) is 0 Å². The number of carbonyl (C=O) groups excluding carboxylic acids is 2. The minimum Gasteiger partial charge on any atom is -0.360 e. The van der Waals surface area contributed by atoms with E-state index in [1.165, 1.54) is 0 Å². The van der Waals surface area contributed by atoms with Crippen LogP contribution in [0, 0.1) is 6.92 Å². The largest absolute Gasteiger partial charge is 0.360 e. The lowest BCUT2D eigenvalue weighted by atomic mass is 10.0. The van der Waals surface area contributed by atoms with Crippen molar-refractivity contribution in [3.8, 4) is 0 Å². The van der Waals surface area contributed by atoms with Gasteiger partial charge in [-0.15, -0.1) is 0 Å². The van der Waals surface area contributed by atoms with Gasteiger partial charge in [0.05, 0.1) is 5.56 Å². The fraction of sp³-hybridized carbons (Fsp3) is 0.0588. The molecule has 20 heavy (non-hydrogen) atoms. The number of rotatable bonds is 3. The molecule has 0 radical (unpaired) electrons. The second-order valence-electron chi connectivity index (χ2n) is 4.77. The van der Waals surface area contributed by atoms with Gasteiger partial charge in [0, 0.05) is 22.7 Å². The average molecular weight is 263 g/mol. The molecule has 1 N–H and O–H groups in total. The molecule has 3 rings (SSSR count). The average Bonchev–Trinajstić information content (AvgIpc) is 2.90. The van der Waals surface area contributed by atoms with Crippen LogP contribution in [-0.4, -0.2) is 16.6 Å². The Morgan fingerprint density at radius 3 is 2.35 bits per heavy atom. The van der Waals surface area contributed by atoms with Gasteiger partial charge in [-0.3, -0.25) is 9.59 Å². The summed E-state index contributed by atoms with van der Waals surface area (Å²) < 4.78 is 0. The monoisotopic (exact) mass is 263 g/mol. The Balaban J connectivity index is 2.00. The van der Waals surface area contributed by atoms with Crippen LogP contribution in [0.25, 0.3) is 10.9 Å². The van der Waals surface area contributed by atoms with Crippen molar-refractivity contribution in [2.45, 2.75) is 6.92 Å². The van der Waals surface area contributed by atoms with E-state index in [0.717, 1.165) is 16.5 Å². The van der Waals surface area contributed by atoms with Crippen molar-refractivity contribution in [3.05, 3.63) is 71.4 Å². The lowest BCUT2D eigenvalue weighted by molar-refractivity contribution is 0.0818. The molecule has 0 fully saturated rings. The number of para-hydroxylation sites is 1. The summed E-state index contributed by atoms with van der Waals surface area (Å²) in [5.74, 6) is -0.957. The van der Waals surface area contributed by atoms with Gasteiger partial charge in [0.15, 0.2) is 0 Å². The molecule has 0 saturated heterocycles. The maximum Gasteiger partial charge on any atom is 0.235 e. The molecule has 0 unspecified atom stereocenters. The molecule has 1 heterocycles. The maximum atomic E-state index is 12.3. The van der Waals surface area contributed by atoms with Gasteiger partial charge >= 0.3 is 0 Å². The highest BCUT2D eigenvalue weighted by atomic mass is 16.2. The van der Waals surface area contributed by atoms with Crippen LogP contribution in [0.5, 0.6) is 0 Å². The Morgan fingerprint density at radius 2 is 1.60 bits per heavy atom. The van der Waals surface area contributed by atoms with Crippen molar-refractivity contribution in [3.63, 3.8) is 0 Å². The Labute approximate surface area is 116 Å². The minimum absolute atomic E-state index is 0.422. The van der Waals surface area contributed by atoms with Crippen LogP contribution in [0.2, 0.25) is 0 Å². The quantitative estimate of drug-likeness (QED) is 0.580. The first-order valence-electron chi connectivity index (χ1n) is 6.38. The summed E-state index contributed by atoms with van der Waals surface area (Å²) in [5, 5.41) is 0.776. The third kappa shape index (κ3) is 2.03. The maximum absolute atomic E-state index is 12.3. The number of aromatic amines is 1. The molecule has 0 aliphatic heterocycles. The van der Waals surface area contributed by atoms with Crippen LogP contribution in [-0.2, 0) is 0 Å². The zero-order chi connectivity index (χ0) is 14.1. The van der Waals surface area contributed by atoms with Crippen LogP contribution < -0.4 is 0 Å². The molecule has 2 aromatic carbocycles. The van der Waals surface area contributed by atoms with Gasteiger partial charge in [0.2, 0.25) is 11.6 Å². The third-order valence-electron chi connectivity index (χ3n) is 3.35. The van der Waals surface area contributed by atoms with E-state index in [1.54, 1.807) is 18.3 Å². The van der Waals surface area contributed by atoms with Gasteiger partial charge in [-0.1, -0.05) is 48.0 Å². The summed E-state index contributed by atoms with van der Waals surface area (Å²) in [6, 6.07) is 14.5. The van der Waals surface area contributed by atoms with Crippen molar-refractivity contribution < 1.29 is 9.59 Å². The highest BCUT2D eigenvalue weighted by Gasteiger charge is 2.21. The van der Waals surface area contributed by atoms with Crippen LogP contribution in [0.1, 0.15) is 26.3 Å². The number of carbonyl (C=O) groups is 2. The Bertz CT molecular complexity index is 797. The van der Waals surface area contributed by atoms with Gasteiger partial charge in [-0.05, 0) is 13.0 Å². The van der Waals surface area contributed by atoms with Crippen LogP contribution in [0.15, 0.2) is 54.7 Å². The van der Waals surface area contributed by atoms with Gasteiger partial charge in [-0.2, -0.15) is 0 Å². The molecule has 0 amide bonds. The zero-order valence-corrected chi connectivity index (χ0v) is 11.0. The van der Waals surface area contributed by atoms with Crippen molar-refractivity contribution in [2.75, 3.05) is 0 Å². The molecule has 0 bridgehead atoms. The first-order chi connectivity index (χ1) is 9.66. The first-order valence-corrected chi connectivity index (χ1v) is 6.38. The number of nitrogens with one attached hydrogen (secondary N) is 1. The predicted octanol–water partition coefficient (Wildman–Crippen LogP) is 3.54. The van der Waals surface area contributed by atoms with E-state index in [0.29, 0.717) is 11.1 Å². The zero-order valence-electron chi connectivity index (χ0n) is 11.0. The second-order valence-corrected chi connectivity index (χ2v) is 4.77. The van der Waals surface area contributed by atoms with Crippen LogP contribution in [0.3, 0.4) is 0 Å². The van der Waals surface area contributed by atoms with E-state index >= 15 is 0 Å². The number of ketones is 2. The molecule has 1 aromatic heterocycles. The molecule has 0 aliphatic carbocycles. The van der Waals surface area contributed by atoms with E-state index in [2.05, 4.69) is 4.98 Å². The molecule has 98 valence electrons. The van der Waals surface area contributed by atoms with E-state index < -0.39 is 11.6 Å². The molecule has 0 atom stereocenters. The highest BCUT2D eigenvalue weighted by Crippen LogP contribution is 2.19. The van der Waals surface area contributed by atoms with Gasteiger partial charge < -0.3 is 4.98 Å². The van der Waals surface area contributed by atoms with Crippen molar-refractivity contribution in [1.29, 1.82) is 0 Å². The molecule has 3 nitrogen and oxygen atoms in total. The smallest absolute Gasteiger partial charge is 0.235 e. The molecule has 3 aromatic rings. The normalized spacial score (nSPS) is 10.7. The third-order valence-corrected chi connectivity index (χ3v) is 3.35. The molecule has 0 aliphatic rings. The standard InChI is InChI=1S/C17H13NO2/c1-11-6-8-12(9-7-11)16(19)17(20)14-10-18-15-5-3-2-4-13(14)15/h2-10,18H,1H3. The Morgan fingerprint density at radius 1 is 0.900 bits per heavy atom. The van der Waals surface area contributed by atoms with Crippen molar-refractivity contribution >= 4 is 22.5 Å². The molecule has 0 spiro atoms. The number of H-pyrrole nitrogens is 1. The fourth-order valence-corrected chi connectivity index (χ4v) is 2.22. The number of benzene rings is 2. The number of hydrogen-bond donors (Lipinski definition) is 1. The predicted molar refractivity (Wildman–Crippen MR) is 78.1 cm³/mol. The van der Waals surface area contributed by atoms with E-state index in [4.69, 9.17) is 0 Å². The first kappa shape index (κ1) is 12.4. The lowest BCUT2D eigenvalue weighted by Crippen LogP contribution is -2.14. The van der Waals surface area contributed by atoms with Gasteiger partial charge in [-0.25, -0.2) is 0 Å². The topological polar surface area (TPSA) is 49.9 Å². The summed E-state index contributed by atoms with van der Waals surface area (Å²) in [7, 11) is 0. The van der Waals surface area contributed by atoms with Crippen molar-refractivity contribution in [2.24, 2.45) is 0 Å². The van der Waals surface area contributed by atoms with Crippen LogP contribution >= 0.6 is 0 Å². The summed E-state index contributed by atoms with van der Waals surface area (Å²) in [5.41, 5.74) is 2.76. The van der Waals surface area contributed by atoms with Gasteiger partial charge in [0.1, 0.15) is 0 Å². The van der Waals surface area contributed by atoms with Crippen molar-refractivity contribution in [1.82, 2.24) is 4.98 Å². The molecular formula is C17H13NO2. The van der Waals surface area contributed by atoms with Crippen LogP contribution in [0.4, 0.5) is 0 Å². The highest BCUT2D eigenvalue weighted by molar-refractivity contribution is 6.50. The van der Waals surface area contributed by atoms with E-state index in [9.17, 15) is 9.59 Å². The number of fused-ring (bicyclic) bond motifs is 1. The molecular weight excluding hydrogens is 250 g/mol. The SMILES string of the molecule is Cc1ccc(C(=O)C(=O)c2c[nH]c3ccccc23)cc1. The Hall–Kier alpha value is -2.68. The second kappa shape index (κ2) is 4.78.